The molecule has 1 amide bonds. The van der Waals surface area contributed by atoms with Gasteiger partial charge in [0, 0.05) is 11.6 Å². The number of carbonyl (C=O) groups excluding carboxylic acids is 1. The Morgan fingerprint density at radius 1 is 1.08 bits per heavy atom. The Morgan fingerprint density at radius 3 is 2.68 bits per heavy atom. The maximum absolute atomic E-state index is 12.6. The van der Waals surface area contributed by atoms with Gasteiger partial charge in [0.2, 0.25) is 0 Å². The number of nitrogens with one attached hydrogen (secondary N) is 1. The van der Waals surface area contributed by atoms with Crippen molar-refractivity contribution in [1.29, 1.82) is 0 Å². The van der Waals surface area contributed by atoms with Gasteiger partial charge in [0.05, 0.1) is 0 Å². The summed E-state index contributed by atoms with van der Waals surface area (Å²) in [4.78, 5) is 12.6. The Kier molecular flexibility index (Phi) is 5.75. The van der Waals surface area contributed by atoms with Crippen LogP contribution >= 0.6 is 0 Å². The molecule has 0 spiro atoms. The number of carbonyl (C=O) groups is 1. The van der Waals surface area contributed by atoms with Gasteiger partial charge in [0.25, 0.3) is 5.91 Å². The van der Waals surface area contributed by atoms with Gasteiger partial charge in [-0.15, -0.1) is 0 Å². The maximum atomic E-state index is 12.6. The van der Waals surface area contributed by atoms with Crippen molar-refractivity contribution in [3.63, 3.8) is 0 Å². The van der Waals surface area contributed by atoms with Crippen LogP contribution in [0.4, 0.5) is 0 Å². The van der Waals surface area contributed by atoms with E-state index in [-0.39, 0.29) is 11.9 Å². The molecule has 2 aromatic rings. The summed E-state index contributed by atoms with van der Waals surface area (Å²) in [5.41, 5.74) is 1.78. The monoisotopic (exact) mass is 337 g/mol. The lowest BCUT2D eigenvalue weighted by atomic mass is 9.78. The van der Waals surface area contributed by atoms with E-state index in [0.29, 0.717) is 24.0 Å². The van der Waals surface area contributed by atoms with Gasteiger partial charge < -0.3 is 10.1 Å². The molecule has 3 nitrogen and oxygen atoms in total. The van der Waals surface area contributed by atoms with E-state index in [1.165, 1.54) is 12.8 Å². The van der Waals surface area contributed by atoms with Crippen molar-refractivity contribution in [2.45, 2.75) is 45.8 Å². The highest BCUT2D eigenvalue weighted by atomic mass is 16.5. The molecule has 0 radical (unpaired) electrons. The Balaban J connectivity index is 1.61. The van der Waals surface area contributed by atoms with Gasteiger partial charge in [-0.3, -0.25) is 4.79 Å². The van der Waals surface area contributed by atoms with Crippen molar-refractivity contribution < 1.29 is 9.53 Å². The smallest absolute Gasteiger partial charge is 0.251 e. The average Bonchev–Trinajstić information content (AvgIpc) is 2.65. The highest BCUT2D eigenvalue weighted by Gasteiger charge is 2.28. The topological polar surface area (TPSA) is 38.3 Å². The van der Waals surface area contributed by atoms with Crippen LogP contribution in [0.2, 0.25) is 0 Å². The van der Waals surface area contributed by atoms with E-state index in [4.69, 9.17) is 4.74 Å². The minimum atomic E-state index is -0.00360. The minimum Gasteiger partial charge on any atom is -0.489 e. The minimum absolute atomic E-state index is 0.00360. The van der Waals surface area contributed by atoms with Crippen LogP contribution in [0.15, 0.2) is 54.6 Å². The number of rotatable bonds is 5. The van der Waals surface area contributed by atoms with E-state index < -0.39 is 0 Å². The molecule has 0 aliphatic heterocycles. The van der Waals surface area contributed by atoms with Gasteiger partial charge in [-0.05, 0) is 42.0 Å². The zero-order valence-electron chi connectivity index (χ0n) is 15.1. The van der Waals surface area contributed by atoms with Crippen molar-refractivity contribution in [2.75, 3.05) is 0 Å². The Hall–Kier alpha value is -2.29. The summed E-state index contributed by atoms with van der Waals surface area (Å²) in [6, 6.07) is 17.8. The third-order valence-corrected chi connectivity index (χ3v) is 5.37. The number of hydrogen-bond donors (Lipinski definition) is 1. The zero-order chi connectivity index (χ0) is 17.6. The second-order valence-corrected chi connectivity index (χ2v) is 7.15. The summed E-state index contributed by atoms with van der Waals surface area (Å²) in [6.45, 7) is 5.03. The van der Waals surface area contributed by atoms with E-state index in [1.54, 1.807) is 0 Å². The van der Waals surface area contributed by atoms with Crippen LogP contribution < -0.4 is 10.1 Å². The molecule has 1 fully saturated rings. The molecule has 1 saturated carbocycles. The van der Waals surface area contributed by atoms with Crippen molar-refractivity contribution in [2.24, 2.45) is 11.8 Å². The van der Waals surface area contributed by atoms with Crippen molar-refractivity contribution in [3.05, 3.63) is 65.7 Å². The van der Waals surface area contributed by atoms with Crippen LogP contribution in [-0.2, 0) is 6.61 Å². The lowest BCUT2D eigenvalue weighted by Crippen LogP contribution is -2.43. The Morgan fingerprint density at radius 2 is 1.88 bits per heavy atom. The van der Waals surface area contributed by atoms with Gasteiger partial charge in [-0.2, -0.15) is 0 Å². The van der Waals surface area contributed by atoms with Crippen LogP contribution in [0.3, 0.4) is 0 Å². The van der Waals surface area contributed by atoms with Gasteiger partial charge in [0.1, 0.15) is 12.4 Å². The highest BCUT2D eigenvalue weighted by Crippen LogP contribution is 2.29. The summed E-state index contributed by atoms with van der Waals surface area (Å²) in [5, 5.41) is 3.22. The van der Waals surface area contributed by atoms with E-state index in [0.717, 1.165) is 17.7 Å². The number of amides is 1. The third kappa shape index (κ3) is 4.62. The normalized spacial score (nSPS) is 23.0. The first-order chi connectivity index (χ1) is 12.1. The second-order valence-electron chi connectivity index (χ2n) is 7.15. The third-order valence-electron chi connectivity index (χ3n) is 5.37. The molecular weight excluding hydrogens is 310 g/mol. The molecular formula is C22H27NO2. The summed E-state index contributed by atoms with van der Waals surface area (Å²) in [6.07, 6.45) is 3.52. The summed E-state index contributed by atoms with van der Waals surface area (Å²) in [5.74, 6) is 1.91. The fourth-order valence-corrected chi connectivity index (χ4v) is 3.51. The lowest BCUT2D eigenvalue weighted by Gasteiger charge is -2.34. The molecule has 0 unspecified atom stereocenters. The van der Waals surface area contributed by atoms with E-state index in [9.17, 15) is 4.79 Å². The van der Waals surface area contributed by atoms with E-state index in [1.807, 2.05) is 54.6 Å². The summed E-state index contributed by atoms with van der Waals surface area (Å²) in [7, 11) is 0. The largest absolute Gasteiger partial charge is 0.489 e. The molecule has 0 aromatic heterocycles. The predicted molar refractivity (Wildman–Crippen MR) is 101 cm³/mol. The van der Waals surface area contributed by atoms with Gasteiger partial charge in [-0.1, -0.05) is 63.1 Å². The molecule has 0 heterocycles. The summed E-state index contributed by atoms with van der Waals surface area (Å²) < 4.78 is 5.83. The Labute approximate surface area is 150 Å². The molecule has 3 heteroatoms. The van der Waals surface area contributed by atoms with Crippen molar-refractivity contribution in [3.8, 4) is 5.75 Å². The quantitative estimate of drug-likeness (QED) is 0.849. The standard InChI is InChI=1S/C22H27NO2/c1-16-8-6-13-21(17(16)2)23-22(24)19-11-7-12-20(14-19)25-15-18-9-4-3-5-10-18/h3-5,7,9-12,14,16-17,21H,6,8,13,15H2,1-2H3,(H,23,24)/t16-,17+,21-/m1/s1. The SMILES string of the molecule is C[C@H]1[C@H](C)CCC[C@H]1NC(=O)c1cccc(OCc2ccccc2)c1. The van der Waals surface area contributed by atoms with Crippen LogP contribution in [0.5, 0.6) is 5.75 Å². The Bertz CT molecular complexity index is 698. The van der Waals surface area contributed by atoms with Crippen LogP contribution in [-0.4, -0.2) is 11.9 Å². The van der Waals surface area contributed by atoms with Gasteiger partial charge in [-0.25, -0.2) is 0 Å². The molecule has 1 aliphatic rings. The number of hydrogen-bond acceptors (Lipinski definition) is 2. The van der Waals surface area contributed by atoms with Crippen LogP contribution in [0, 0.1) is 11.8 Å². The van der Waals surface area contributed by atoms with Crippen molar-refractivity contribution in [1.82, 2.24) is 5.32 Å². The highest BCUT2D eigenvalue weighted by molar-refractivity contribution is 5.94. The molecule has 1 aliphatic carbocycles. The van der Waals surface area contributed by atoms with Gasteiger partial charge in [0.15, 0.2) is 0 Å². The van der Waals surface area contributed by atoms with E-state index >= 15 is 0 Å². The second kappa shape index (κ2) is 8.19. The molecule has 132 valence electrons. The fraction of sp³-hybridized carbons (Fsp3) is 0.409. The van der Waals surface area contributed by atoms with Gasteiger partial charge >= 0.3 is 0 Å². The predicted octanol–water partition coefficient (Wildman–Crippen LogP) is 4.82. The first kappa shape index (κ1) is 17.5. The molecule has 25 heavy (non-hydrogen) atoms. The fourth-order valence-electron chi connectivity index (χ4n) is 3.51. The number of ether oxygens (including phenoxy) is 1. The molecule has 3 atom stereocenters. The first-order valence-corrected chi connectivity index (χ1v) is 9.21. The zero-order valence-corrected chi connectivity index (χ0v) is 15.1. The van der Waals surface area contributed by atoms with Crippen molar-refractivity contribution >= 4 is 5.91 Å². The lowest BCUT2D eigenvalue weighted by molar-refractivity contribution is 0.0890. The first-order valence-electron chi connectivity index (χ1n) is 9.21. The molecule has 3 rings (SSSR count). The van der Waals surface area contributed by atoms with E-state index in [2.05, 4.69) is 19.2 Å². The van der Waals surface area contributed by atoms with Crippen LogP contribution in [0.25, 0.3) is 0 Å². The summed E-state index contributed by atoms with van der Waals surface area (Å²) >= 11 is 0. The molecule has 0 saturated heterocycles. The number of benzene rings is 2. The molecule has 2 aromatic carbocycles. The molecule has 0 bridgehead atoms. The average molecular weight is 337 g/mol. The van der Waals surface area contributed by atoms with Crippen LogP contribution in [0.1, 0.15) is 49.0 Å². The maximum Gasteiger partial charge on any atom is 0.251 e. The molecule has 1 N–H and O–H groups in total.